The van der Waals surface area contributed by atoms with Crippen molar-refractivity contribution in [2.75, 3.05) is 7.05 Å². The molecule has 0 saturated heterocycles. The summed E-state index contributed by atoms with van der Waals surface area (Å²) >= 11 is 7.41. The summed E-state index contributed by atoms with van der Waals surface area (Å²) in [5, 5.41) is 6.30. The van der Waals surface area contributed by atoms with Gasteiger partial charge in [0.25, 0.3) is 5.91 Å². The van der Waals surface area contributed by atoms with E-state index in [0.29, 0.717) is 28.6 Å². The number of thiophene rings is 1. The average molecular weight is 453 g/mol. The minimum absolute atomic E-state index is 0.0804. The summed E-state index contributed by atoms with van der Waals surface area (Å²) in [6, 6.07) is 16.6. The number of hydrogen-bond acceptors (Lipinski definition) is 4. The Balaban J connectivity index is 1.56. The maximum Gasteiger partial charge on any atom is 0.264 e. The van der Waals surface area contributed by atoms with Crippen LogP contribution in [-0.4, -0.2) is 33.5 Å². The Labute approximate surface area is 188 Å². The molecule has 0 aliphatic rings. The zero-order valence-electron chi connectivity index (χ0n) is 17.1. The normalized spacial score (nSPS) is 11.1. The molecule has 0 radical (unpaired) electrons. The molecular formula is C23H21ClN4O2S. The smallest absolute Gasteiger partial charge is 0.264 e. The van der Waals surface area contributed by atoms with Gasteiger partial charge in [0.05, 0.1) is 17.1 Å². The highest BCUT2D eigenvalue weighted by Crippen LogP contribution is 2.30. The van der Waals surface area contributed by atoms with Gasteiger partial charge in [0.15, 0.2) is 0 Å². The third-order valence-corrected chi connectivity index (χ3v) is 6.43. The summed E-state index contributed by atoms with van der Waals surface area (Å²) in [6.07, 6.45) is 0. The Morgan fingerprint density at radius 3 is 2.58 bits per heavy atom. The zero-order chi connectivity index (χ0) is 22.1. The largest absolute Gasteiger partial charge is 0.366 e. The zero-order valence-corrected chi connectivity index (χ0v) is 18.7. The highest BCUT2D eigenvalue weighted by atomic mass is 35.5. The molecule has 0 saturated carbocycles. The van der Waals surface area contributed by atoms with Crippen molar-refractivity contribution in [1.82, 2.24) is 14.7 Å². The maximum atomic E-state index is 13.1. The predicted molar refractivity (Wildman–Crippen MR) is 124 cm³/mol. The molecule has 2 aromatic carbocycles. The monoisotopic (exact) mass is 452 g/mol. The molecule has 2 heterocycles. The molecule has 6 nitrogen and oxygen atoms in total. The summed E-state index contributed by atoms with van der Waals surface area (Å²) in [5.41, 5.74) is 8.60. The van der Waals surface area contributed by atoms with Gasteiger partial charge in [0, 0.05) is 29.6 Å². The van der Waals surface area contributed by atoms with Crippen molar-refractivity contribution < 1.29 is 9.59 Å². The Morgan fingerprint density at radius 2 is 1.87 bits per heavy atom. The second-order valence-corrected chi connectivity index (χ2v) is 8.89. The molecular weight excluding hydrogens is 432 g/mol. The molecule has 0 fully saturated rings. The van der Waals surface area contributed by atoms with E-state index in [-0.39, 0.29) is 5.91 Å². The van der Waals surface area contributed by atoms with E-state index >= 15 is 0 Å². The fraction of sp³-hybridized carbons (Fsp3) is 0.174. The van der Waals surface area contributed by atoms with Crippen molar-refractivity contribution in [2.24, 2.45) is 5.73 Å². The minimum atomic E-state index is -0.485. The van der Waals surface area contributed by atoms with E-state index in [2.05, 4.69) is 5.10 Å². The third-order valence-electron chi connectivity index (χ3n) is 5.04. The van der Waals surface area contributed by atoms with Gasteiger partial charge in [-0.05, 0) is 48.4 Å². The fourth-order valence-corrected chi connectivity index (χ4v) is 4.73. The second kappa shape index (κ2) is 8.53. The molecule has 2 aromatic heterocycles. The lowest BCUT2D eigenvalue weighted by Gasteiger charge is -2.16. The van der Waals surface area contributed by atoms with E-state index in [4.69, 9.17) is 17.3 Å². The number of hydrogen-bond donors (Lipinski definition) is 1. The highest BCUT2D eigenvalue weighted by Gasteiger charge is 2.19. The summed E-state index contributed by atoms with van der Waals surface area (Å²) in [4.78, 5) is 27.7. The molecule has 158 valence electrons. The molecule has 31 heavy (non-hydrogen) atoms. The van der Waals surface area contributed by atoms with Crippen LogP contribution in [-0.2, 0) is 13.1 Å². The maximum absolute atomic E-state index is 13.1. The number of carbonyl (C=O) groups excluding carboxylic acids is 2. The number of halogens is 1. The van der Waals surface area contributed by atoms with E-state index in [1.54, 1.807) is 30.1 Å². The SMILES string of the molecule is Cc1nn(Cc2ccc(Cl)cc2)c2sc(C(=O)N(C)Cc3cccc(C(N)=O)c3)cc12. The van der Waals surface area contributed by atoms with Crippen LogP contribution in [0.4, 0.5) is 0 Å². The third kappa shape index (κ3) is 4.47. The minimum Gasteiger partial charge on any atom is -0.366 e. The van der Waals surface area contributed by atoms with Crippen molar-refractivity contribution in [3.05, 3.63) is 86.9 Å². The number of aryl methyl sites for hydroxylation is 1. The first-order valence-corrected chi connectivity index (χ1v) is 10.9. The van der Waals surface area contributed by atoms with E-state index in [1.807, 2.05) is 48.0 Å². The number of aromatic nitrogens is 2. The van der Waals surface area contributed by atoms with Gasteiger partial charge < -0.3 is 10.6 Å². The predicted octanol–water partition coefficient (Wildman–Crippen LogP) is 4.48. The molecule has 0 bridgehead atoms. The summed E-state index contributed by atoms with van der Waals surface area (Å²) in [5.74, 6) is -0.566. The molecule has 0 aliphatic heterocycles. The number of carbonyl (C=O) groups is 2. The molecule has 0 atom stereocenters. The number of benzene rings is 2. The number of fused-ring (bicyclic) bond motifs is 1. The van der Waals surface area contributed by atoms with Crippen LogP contribution in [0, 0.1) is 6.92 Å². The lowest BCUT2D eigenvalue weighted by atomic mass is 10.1. The van der Waals surface area contributed by atoms with Crippen LogP contribution in [0.15, 0.2) is 54.6 Å². The lowest BCUT2D eigenvalue weighted by molar-refractivity contribution is 0.0790. The van der Waals surface area contributed by atoms with Crippen molar-refractivity contribution in [2.45, 2.75) is 20.0 Å². The van der Waals surface area contributed by atoms with Crippen molar-refractivity contribution in [3.8, 4) is 0 Å². The van der Waals surface area contributed by atoms with Gasteiger partial charge in [-0.1, -0.05) is 35.9 Å². The van der Waals surface area contributed by atoms with Gasteiger partial charge in [-0.2, -0.15) is 5.10 Å². The number of nitrogens with zero attached hydrogens (tertiary/aromatic N) is 3. The molecule has 0 unspecified atom stereocenters. The molecule has 8 heteroatoms. The van der Waals surface area contributed by atoms with Gasteiger partial charge in [-0.15, -0.1) is 11.3 Å². The number of nitrogens with two attached hydrogens (primary N) is 1. The summed E-state index contributed by atoms with van der Waals surface area (Å²) < 4.78 is 1.92. The van der Waals surface area contributed by atoms with Crippen LogP contribution in [0.2, 0.25) is 5.02 Å². The standard InChI is InChI=1S/C23H21ClN4O2S/c1-14-19-11-20(22(30)27(2)12-16-4-3-5-17(10-16)21(25)29)31-23(19)28(26-14)13-15-6-8-18(24)9-7-15/h3-11H,12-13H2,1-2H3,(H2,25,29). The number of primary amides is 1. The van der Waals surface area contributed by atoms with Crippen LogP contribution in [0.5, 0.6) is 0 Å². The van der Waals surface area contributed by atoms with Gasteiger partial charge in [0.1, 0.15) is 4.83 Å². The van der Waals surface area contributed by atoms with Gasteiger partial charge >= 0.3 is 0 Å². The van der Waals surface area contributed by atoms with Crippen LogP contribution in [0.3, 0.4) is 0 Å². The summed E-state index contributed by atoms with van der Waals surface area (Å²) in [6.45, 7) is 2.93. The molecule has 2 amide bonds. The van der Waals surface area contributed by atoms with Crippen molar-refractivity contribution >= 4 is 45.0 Å². The average Bonchev–Trinajstić information content (AvgIpc) is 3.30. The van der Waals surface area contributed by atoms with E-state index in [0.717, 1.165) is 27.0 Å². The van der Waals surface area contributed by atoms with Crippen molar-refractivity contribution in [1.29, 1.82) is 0 Å². The molecule has 0 aliphatic carbocycles. The first kappa shape index (κ1) is 21.1. The summed E-state index contributed by atoms with van der Waals surface area (Å²) in [7, 11) is 1.75. The van der Waals surface area contributed by atoms with Gasteiger partial charge in [-0.3, -0.25) is 14.3 Å². The van der Waals surface area contributed by atoms with Crippen LogP contribution >= 0.6 is 22.9 Å². The number of rotatable bonds is 6. The number of amides is 2. The van der Waals surface area contributed by atoms with Crippen LogP contribution < -0.4 is 5.73 Å². The molecule has 4 rings (SSSR count). The second-order valence-electron chi connectivity index (χ2n) is 7.42. The Morgan fingerprint density at radius 1 is 1.13 bits per heavy atom. The van der Waals surface area contributed by atoms with Crippen LogP contribution in [0.25, 0.3) is 10.2 Å². The Hall–Kier alpha value is -3.16. The first-order chi connectivity index (χ1) is 14.8. The Kier molecular flexibility index (Phi) is 5.80. The van der Waals surface area contributed by atoms with Gasteiger partial charge in [0.2, 0.25) is 5.91 Å². The molecule has 4 aromatic rings. The van der Waals surface area contributed by atoms with Crippen LogP contribution in [0.1, 0.15) is 36.9 Å². The van der Waals surface area contributed by atoms with E-state index in [9.17, 15) is 9.59 Å². The van der Waals surface area contributed by atoms with E-state index < -0.39 is 5.91 Å². The first-order valence-electron chi connectivity index (χ1n) is 9.67. The topological polar surface area (TPSA) is 81.2 Å². The lowest BCUT2D eigenvalue weighted by Crippen LogP contribution is -2.25. The fourth-order valence-electron chi connectivity index (χ4n) is 3.44. The van der Waals surface area contributed by atoms with Gasteiger partial charge in [-0.25, -0.2) is 0 Å². The van der Waals surface area contributed by atoms with Crippen molar-refractivity contribution in [3.63, 3.8) is 0 Å². The molecule has 0 spiro atoms. The molecule has 2 N–H and O–H groups in total. The van der Waals surface area contributed by atoms with E-state index in [1.165, 1.54) is 11.3 Å². The highest BCUT2D eigenvalue weighted by molar-refractivity contribution is 7.20. The quantitative estimate of drug-likeness (QED) is 0.468. The Bertz CT molecular complexity index is 1280.